The topological polar surface area (TPSA) is 30.5 Å². The van der Waals surface area contributed by atoms with E-state index in [0.717, 1.165) is 19.0 Å². The van der Waals surface area contributed by atoms with E-state index >= 15 is 0 Å². The van der Waals surface area contributed by atoms with Crippen LogP contribution in [0.1, 0.15) is 6.42 Å². The highest BCUT2D eigenvalue weighted by molar-refractivity contribution is 7.65. The minimum Gasteiger partial charge on any atom is -0.395 e. The molecule has 0 aromatic carbocycles. The fraction of sp³-hybridized carbons (Fsp3) is 1.00. The first-order valence-corrected chi connectivity index (χ1v) is 12.3. The molecule has 0 bridgehead atoms. The molecule has 1 N–H and O–H groups in total. The molecule has 0 saturated carbocycles. The van der Waals surface area contributed by atoms with E-state index in [1.807, 2.05) is 0 Å². The first kappa shape index (κ1) is 14.7. The summed E-state index contributed by atoms with van der Waals surface area (Å²) in [7, 11) is 3.21. The fourth-order valence-corrected chi connectivity index (χ4v) is 3.87. The summed E-state index contributed by atoms with van der Waals surface area (Å²) >= 11 is 0. The van der Waals surface area contributed by atoms with Crippen LogP contribution < -0.4 is 4.98 Å². The minimum absolute atomic E-state index is 1.03. The van der Waals surface area contributed by atoms with Gasteiger partial charge in [0.15, 0.2) is 0 Å². The molecule has 0 saturated heterocycles. The third kappa shape index (κ3) is 7.09. The zero-order valence-electron chi connectivity index (χ0n) is 10.0. The van der Waals surface area contributed by atoms with Gasteiger partial charge in [0.1, 0.15) is 8.24 Å². The zero-order valence-corrected chi connectivity index (χ0v) is 13.2. The SMILES string of the molecule is CO[Si](P)(CCCN[Si](C)(C)C)OC. The molecule has 0 aliphatic rings. The minimum atomic E-state index is -1.90. The summed E-state index contributed by atoms with van der Waals surface area (Å²) in [4.78, 5) is 3.58. The molecule has 0 aliphatic carbocycles. The first-order chi connectivity index (χ1) is 6.33. The van der Waals surface area contributed by atoms with Gasteiger partial charge < -0.3 is 13.8 Å². The van der Waals surface area contributed by atoms with Crippen LogP contribution in [-0.4, -0.2) is 37.2 Å². The Morgan fingerprint density at radius 1 is 1.14 bits per heavy atom. The summed E-state index contributed by atoms with van der Waals surface area (Å²) in [6.45, 7) is 8.01. The second kappa shape index (κ2) is 6.35. The van der Waals surface area contributed by atoms with E-state index in [0.29, 0.717) is 0 Å². The molecule has 1 unspecified atom stereocenters. The summed E-state index contributed by atoms with van der Waals surface area (Å²) < 4.78 is 10.8. The number of hydrogen-bond acceptors (Lipinski definition) is 3. The van der Waals surface area contributed by atoms with E-state index in [4.69, 9.17) is 8.85 Å². The molecule has 86 valence electrons. The van der Waals surface area contributed by atoms with Crippen molar-refractivity contribution in [2.75, 3.05) is 20.8 Å². The molecule has 0 fully saturated rings. The Hall–Kier alpha value is 0.744. The van der Waals surface area contributed by atoms with E-state index in [9.17, 15) is 0 Å². The van der Waals surface area contributed by atoms with Crippen molar-refractivity contribution in [3.8, 4) is 0 Å². The van der Waals surface area contributed by atoms with Crippen molar-refractivity contribution in [2.24, 2.45) is 0 Å². The van der Waals surface area contributed by atoms with Crippen molar-refractivity contribution < 1.29 is 8.85 Å². The van der Waals surface area contributed by atoms with Gasteiger partial charge in [-0.05, 0) is 19.0 Å². The Balaban J connectivity index is 3.63. The average Bonchev–Trinajstić information content (AvgIpc) is 2.11. The smallest absolute Gasteiger partial charge is 0.357 e. The van der Waals surface area contributed by atoms with E-state index in [2.05, 4.69) is 33.4 Å². The molecular weight excluding hydrogens is 229 g/mol. The maximum Gasteiger partial charge on any atom is 0.357 e. The number of hydrogen-bond donors (Lipinski definition) is 1. The zero-order chi connectivity index (χ0) is 11.2. The van der Waals surface area contributed by atoms with Crippen LogP contribution in [0.2, 0.25) is 25.7 Å². The molecule has 14 heavy (non-hydrogen) atoms. The molecule has 0 rings (SSSR count). The third-order valence-electron chi connectivity index (χ3n) is 2.05. The first-order valence-electron chi connectivity index (χ1n) is 4.97. The summed E-state index contributed by atoms with van der Waals surface area (Å²) in [5.41, 5.74) is 0. The van der Waals surface area contributed by atoms with Crippen molar-refractivity contribution in [3.05, 3.63) is 0 Å². The van der Waals surface area contributed by atoms with Gasteiger partial charge in [-0.2, -0.15) is 0 Å². The molecule has 0 aromatic heterocycles. The lowest BCUT2D eigenvalue weighted by molar-refractivity contribution is 0.267. The molecule has 0 spiro atoms. The lowest BCUT2D eigenvalue weighted by Gasteiger charge is -2.23. The van der Waals surface area contributed by atoms with Crippen LogP contribution in [0.15, 0.2) is 0 Å². The molecule has 0 heterocycles. The Labute approximate surface area is 92.3 Å². The lowest BCUT2D eigenvalue weighted by atomic mass is 10.5. The lowest BCUT2D eigenvalue weighted by Crippen LogP contribution is -2.42. The van der Waals surface area contributed by atoms with Crippen molar-refractivity contribution in [1.82, 2.24) is 4.98 Å². The Kier molecular flexibility index (Phi) is 6.69. The predicted octanol–water partition coefficient (Wildman–Crippen LogP) is 1.91. The summed E-state index contributed by atoms with van der Waals surface area (Å²) in [5.74, 6) is 0. The monoisotopic (exact) mass is 253 g/mol. The van der Waals surface area contributed by atoms with Crippen LogP contribution in [0, 0.1) is 0 Å². The average molecular weight is 253 g/mol. The van der Waals surface area contributed by atoms with Gasteiger partial charge in [0.2, 0.25) is 0 Å². The van der Waals surface area contributed by atoms with Crippen LogP contribution >= 0.6 is 8.79 Å². The molecule has 0 amide bonds. The molecule has 0 aromatic rings. The Morgan fingerprint density at radius 3 is 2.00 bits per heavy atom. The summed E-state index contributed by atoms with van der Waals surface area (Å²) in [6, 6.07) is 1.03. The van der Waals surface area contributed by atoms with Gasteiger partial charge >= 0.3 is 8.23 Å². The van der Waals surface area contributed by atoms with Gasteiger partial charge in [0, 0.05) is 14.2 Å². The van der Waals surface area contributed by atoms with E-state index in [1.54, 1.807) is 14.2 Å². The quantitative estimate of drug-likeness (QED) is 0.427. The molecule has 6 heteroatoms. The number of rotatable bonds is 7. The highest BCUT2D eigenvalue weighted by Crippen LogP contribution is 2.20. The van der Waals surface area contributed by atoms with E-state index in [-0.39, 0.29) is 0 Å². The summed E-state index contributed by atoms with van der Waals surface area (Å²) in [6.07, 6.45) is 1.13. The second-order valence-corrected chi connectivity index (χ2v) is 14.9. The van der Waals surface area contributed by atoms with Gasteiger partial charge in [-0.1, -0.05) is 28.4 Å². The van der Waals surface area contributed by atoms with Gasteiger partial charge in [-0.25, -0.2) is 0 Å². The maximum atomic E-state index is 5.38. The normalized spacial score (nSPS) is 13.3. The fourth-order valence-electron chi connectivity index (χ4n) is 1.09. The maximum absolute atomic E-state index is 5.38. The Bertz CT molecular complexity index is 160. The van der Waals surface area contributed by atoms with Crippen LogP contribution in [-0.2, 0) is 8.85 Å². The van der Waals surface area contributed by atoms with Gasteiger partial charge in [0.05, 0.1) is 0 Å². The van der Waals surface area contributed by atoms with Crippen molar-refractivity contribution in [2.45, 2.75) is 32.1 Å². The van der Waals surface area contributed by atoms with Crippen LogP contribution in [0.4, 0.5) is 0 Å². The van der Waals surface area contributed by atoms with Gasteiger partial charge in [0.25, 0.3) is 0 Å². The highest BCUT2D eigenvalue weighted by Gasteiger charge is 2.28. The molecule has 0 aliphatic heterocycles. The van der Waals surface area contributed by atoms with Crippen LogP contribution in [0.3, 0.4) is 0 Å². The standard InChI is InChI=1S/C8H24NO2PSi2/c1-10-14(12,11-2)8-6-7-9-13(3,4)5/h9H,6-8,12H2,1-5H3. The Morgan fingerprint density at radius 2 is 1.64 bits per heavy atom. The molecule has 3 nitrogen and oxygen atoms in total. The summed E-state index contributed by atoms with van der Waals surface area (Å²) in [5, 5.41) is 0. The van der Waals surface area contributed by atoms with Crippen LogP contribution in [0.5, 0.6) is 0 Å². The number of nitrogens with one attached hydrogen (secondary N) is 1. The van der Waals surface area contributed by atoms with Gasteiger partial charge in [-0.3, -0.25) is 0 Å². The van der Waals surface area contributed by atoms with Gasteiger partial charge in [-0.15, -0.1) is 0 Å². The molecular formula is C8H24NO2PSi2. The second-order valence-electron chi connectivity index (χ2n) is 4.50. The van der Waals surface area contributed by atoms with Crippen molar-refractivity contribution in [1.29, 1.82) is 0 Å². The highest BCUT2D eigenvalue weighted by atomic mass is 31.3. The van der Waals surface area contributed by atoms with E-state index < -0.39 is 16.5 Å². The molecule has 1 atom stereocenters. The largest absolute Gasteiger partial charge is 0.395 e. The van der Waals surface area contributed by atoms with E-state index in [1.165, 1.54) is 0 Å². The van der Waals surface area contributed by atoms with Crippen molar-refractivity contribution >= 4 is 25.3 Å². The van der Waals surface area contributed by atoms with Crippen LogP contribution in [0.25, 0.3) is 0 Å². The van der Waals surface area contributed by atoms with Crippen molar-refractivity contribution in [3.63, 3.8) is 0 Å². The molecule has 0 radical (unpaired) electrons. The third-order valence-corrected chi connectivity index (χ3v) is 8.07. The predicted molar refractivity (Wildman–Crippen MR) is 70.3 cm³/mol.